The Hall–Kier alpha value is -0.970. The summed E-state index contributed by atoms with van der Waals surface area (Å²) in [5.74, 6) is -1.19. The number of nitrogens with zero attached hydrogens (tertiary/aromatic N) is 1. The third-order valence-corrected chi connectivity index (χ3v) is 1.56. The lowest BCUT2D eigenvalue weighted by atomic mass is 10.3. The third-order valence-electron chi connectivity index (χ3n) is 1.15. The SMILES string of the molecule is COC(=O)c1cc(F)cc(Br)n1. The number of aromatic nitrogens is 1. The Bertz CT molecular complexity index is 296. The van der Waals surface area contributed by atoms with E-state index in [1.807, 2.05) is 0 Å². The first-order chi connectivity index (χ1) is 5.63. The number of hydrogen-bond donors (Lipinski definition) is 0. The van der Waals surface area contributed by atoms with Crippen molar-refractivity contribution in [3.63, 3.8) is 0 Å². The van der Waals surface area contributed by atoms with Gasteiger partial charge in [0.2, 0.25) is 0 Å². The molecule has 0 radical (unpaired) electrons. The lowest BCUT2D eigenvalue weighted by molar-refractivity contribution is 0.0593. The van der Waals surface area contributed by atoms with Crippen LogP contribution in [0.4, 0.5) is 4.39 Å². The first kappa shape index (κ1) is 9.12. The van der Waals surface area contributed by atoms with Crippen molar-refractivity contribution >= 4 is 21.9 Å². The van der Waals surface area contributed by atoms with Crippen molar-refractivity contribution in [3.05, 3.63) is 28.2 Å². The summed E-state index contributed by atoms with van der Waals surface area (Å²) in [7, 11) is 1.21. The van der Waals surface area contributed by atoms with Crippen LogP contribution in [0.15, 0.2) is 16.7 Å². The monoisotopic (exact) mass is 233 g/mol. The van der Waals surface area contributed by atoms with Crippen LogP contribution < -0.4 is 0 Å². The van der Waals surface area contributed by atoms with Crippen LogP contribution >= 0.6 is 15.9 Å². The van der Waals surface area contributed by atoms with Crippen molar-refractivity contribution in [2.75, 3.05) is 7.11 Å². The molecule has 0 N–H and O–H groups in total. The van der Waals surface area contributed by atoms with Crippen LogP contribution in [-0.2, 0) is 4.74 Å². The smallest absolute Gasteiger partial charge is 0.356 e. The van der Waals surface area contributed by atoms with E-state index in [9.17, 15) is 9.18 Å². The van der Waals surface area contributed by atoms with Crippen LogP contribution in [0.1, 0.15) is 10.5 Å². The highest BCUT2D eigenvalue weighted by Crippen LogP contribution is 2.10. The van der Waals surface area contributed by atoms with Crippen LogP contribution in [0.3, 0.4) is 0 Å². The zero-order chi connectivity index (χ0) is 9.14. The van der Waals surface area contributed by atoms with E-state index in [1.54, 1.807) is 0 Å². The van der Waals surface area contributed by atoms with E-state index < -0.39 is 11.8 Å². The topological polar surface area (TPSA) is 39.2 Å². The molecule has 1 aromatic rings. The summed E-state index contributed by atoms with van der Waals surface area (Å²) in [6.45, 7) is 0. The van der Waals surface area contributed by atoms with Gasteiger partial charge in [0, 0.05) is 12.1 Å². The number of carbonyl (C=O) groups excluding carboxylic acids is 1. The second kappa shape index (κ2) is 3.62. The molecule has 0 aromatic carbocycles. The molecule has 0 atom stereocenters. The number of hydrogen-bond acceptors (Lipinski definition) is 3. The van der Waals surface area contributed by atoms with E-state index in [4.69, 9.17) is 0 Å². The van der Waals surface area contributed by atoms with Gasteiger partial charge in [-0.1, -0.05) is 0 Å². The molecule has 5 heteroatoms. The minimum Gasteiger partial charge on any atom is -0.464 e. The van der Waals surface area contributed by atoms with E-state index in [0.29, 0.717) is 0 Å². The highest BCUT2D eigenvalue weighted by Gasteiger charge is 2.09. The maximum absolute atomic E-state index is 12.6. The molecule has 1 rings (SSSR count). The Morgan fingerprint density at radius 3 is 2.83 bits per heavy atom. The average molecular weight is 234 g/mol. The van der Waals surface area contributed by atoms with Crippen molar-refractivity contribution in [2.24, 2.45) is 0 Å². The van der Waals surface area contributed by atoms with Crippen LogP contribution in [0.25, 0.3) is 0 Å². The molecule has 0 saturated heterocycles. The molecule has 0 fully saturated rings. The maximum atomic E-state index is 12.6. The van der Waals surface area contributed by atoms with Crippen molar-refractivity contribution in [1.29, 1.82) is 0 Å². The van der Waals surface area contributed by atoms with E-state index in [0.717, 1.165) is 12.1 Å². The van der Waals surface area contributed by atoms with E-state index >= 15 is 0 Å². The number of rotatable bonds is 1. The first-order valence-electron chi connectivity index (χ1n) is 3.05. The van der Waals surface area contributed by atoms with Crippen LogP contribution in [0, 0.1) is 5.82 Å². The van der Waals surface area contributed by atoms with Gasteiger partial charge in [-0.2, -0.15) is 0 Å². The molecule has 1 aromatic heterocycles. The number of methoxy groups -OCH3 is 1. The van der Waals surface area contributed by atoms with Gasteiger partial charge in [0.1, 0.15) is 10.4 Å². The van der Waals surface area contributed by atoms with Gasteiger partial charge in [-0.05, 0) is 15.9 Å². The van der Waals surface area contributed by atoms with E-state index in [-0.39, 0.29) is 10.3 Å². The fraction of sp³-hybridized carbons (Fsp3) is 0.143. The quantitative estimate of drug-likeness (QED) is 0.549. The van der Waals surface area contributed by atoms with Crippen molar-refractivity contribution < 1.29 is 13.9 Å². The molecule has 64 valence electrons. The summed E-state index contributed by atoms with van der Waals surface area (Å²) < 4.78 is 17.3. The van der Waals surface area contributed by atoms with Gasteiger partial charge in [-0.15, -0.1) is 0 Å². The fourth-order valence-corrected chi connectivity index (χ4v) is 1.08. The largest absolute Gasteiger partial charge is 0.464 e. The molecule has 12 heavy (non-hydrogen) atoms. The molecule has 1 heterocycles. The molecule has 0 spiro atoms. The van der Waals surface area contributed by atoms with Gasteiger partial charge in [-0.25, -0.2) is 14.2 Å². The summed E-state index contributed by atoms with van der Waals surface area (Å²) in [5.41, 5.74) is -0.0515. The standard InChI is InChI=1S/C7H5BrFNO2/c1-12-7(11)5-2-4(9)3-6(8)10-5/h2-3H,1H3. The summed E-state index contributed by atoms with van der Waals surface area (Å²) >= 11 is 2.95. The zero-order valence-electron chi connectivity index (χ0n) is 6.17. The normalized spacial score (nSPS) is 9.58. The predicted molar refractivity (Wildman–Crippen MR) is 43.2 cm³/mol. The lowest BCUT2D eigenvalue weighted by Crippen LogP contribution is -2.04. The molecule has 0 amide bonds. The summed E-state index contributed by atoms with van der Waals surface area (Å²) in [6, 6.07) is 2.17. The second-order valence-corrected chi connectivity index (χ2v) is 2.80. The van der Waals surface area contributed by atoms with Gasteiger partial charge in [0.05, 0.1) is 7.11 Å². The molecule has 0 aliphatic rings. The molecular formula is C7H5BrFNO2. The van der Waals surface area contributed by atoms with Gasteiger partial charge in [-0.3, -0.25) is 0 Å². The molecule has 0 aliphatic heterocycles. The van der Waals surface area contributed by atoms with Gasteiger partial charge in [0.25, 0.3) is 0 Å². The fourth-order valence-electron chi connectivity index (χ4n) is 0.675. The Kier molecular flexibility index (Phi) is 2.75. The Balaban J connectivity index is 3.08. The van der Waals surface area contributed by atoms with Crippen LogP contribution in [0.5, 0.6) is 0 Å². The highest BCUT2D eigenvalue weighted by molar-refractivity contribution is 9.10. The molecular weight excluding hydrogens is 229 g/mol. The predicted octanol–water partition coefficient (Wildman–Crippen LogP) is 1.77. The van der Waals surface area contributed by atoms with E-state index in [2.05, 4.69) is 25.7 Å². The summed E-state index contributed by atoms with van der Waals surface area (Å²) in [5, 5.41) is 0. The maximum Gasteiger partial charge on any atom is 0.356 e. The number of halogens is 2. The van der Waals surface area contributed by atoms with Gasteiger partial charge < -0.3 is 4.74 Å². The first-order valence-corrected chi connectivity index (χ1v) is 3.84. The number of pyridine rings is 1. The highest BCUT2D eigenvalue weighted by atomic mass is 79.9. The molecule has 3 nitrogen and oxygen atoms in total. The second-order valence-electron chi connectivity index (χ2n) is 1.98. The third kappa shape index (κ3) is 2.01. The van der Waals surface area contributed by atoms with Crippen molar-refractivity contribution in [1.82, 2.24) is 4.98 Å². The molecule has 0 unspecified atom stereocenters. The summed E-state index contributed by atoms with van der Waals surface area (Å²) in [4.78, 5) is 14.6. The molecule has 0 bridgehead atoms. The zero-order valence-corrected chi connectivity index (χ0v) is 7.76. The Morgan fingerprint density at radius 2 is 2.33 bits per heavy atom. The van der Waals surface area contributed by atoms with E-state index in [1.165, 1.54) is 7.11 Å². The Labute approximate surface area is 76.7 Å². The minimum absolute atomic E-state index is 0.0515. The lowest BCUT2D eigenvalue weighted by Gasteiger charge is -1.98. The number of ether oxygens (including phenoxy) is 1. The Morgan fingerprint density at radius 1 is 1.67 bits per heavy atom. The molecule has 0 aliphatic carbocycles. The van der Waals surface area contributed by atoms with Gasteiger partial charge in [0.15, 0.2) is 5.69 Å². The number of esters is 1. The summed E-state index contributed by atoms with van der Waals surface area (Å²) in [6.07, 6.45) is 0. The van der Waals surface area contributed by atoms with Crippen molar-refractivity contribution in [3.8, 4) is 0 Å². The van der Waals surface area contributed by atoms with Crippen molar-refractivity contribution in [2.45, 2.75) is 0 Å². The minimum atomic E-state index is -0.657. The number of carbonyl (C=O) groups is 1. The molecule has 0 saturated carbocycles. The van der Waals surface area contributed by atoms with Crippen LogP contribution in [-0.4, -0.2) is 18.1 Å². The average Bonchev–Trinajstić information content (AvgIpc) is 2.01. The van der Waals surface area contributed by atoms with Crippen LogP contribution in [0.2, 0.25) is 0 Å². The van der Waals surface area contributed by atoms with Gasteiger partial charge >= 0.3 is 5.97 Å².